The van der Waals surface area contributed by atoms with Crippen LogP contribution in [0.3, 0.4) is 0 Å². The molecule has 0 radical (unpaired) electrons. The fraction of sp³-hybridized carbons (Fsp3) is 0.111. The van der Waals surface area contributed by atoms with Crippen molar-refractivity contribution in [3.05, 3.63) is 71.1 Å². The lowest BCUT2D eigenvalue weighted by molar-refractivity contribution is 0.749. The molecule has 0 aliphatic rings. The van der Waals surface area contributed by atoms with E-state index in [9.17, 15) is 0 Å². The summed E-state index contributed by atoms with van der Waals surface area (Å²) in [5, 5.41) is 15.0. The highest BCUT2D eigenvalue weighted by Gasteiger charge is 2.14. The number of fused-ring (bicyclic) bond motifs is 1. The van der Waals surface area contributed by atoms with Gasteiger partial charge in [0.2, 0.25) is 0 Å². The molecular formula is C18H15ClN6S. The molecular weight excluding hydrogens is 368 g/mol. The molecule has 1 aromatic carbocycles. The minimum Gasteiger partial charge on any atom is -0.283 e. The molecule has 130 valence electrons. The number of thioether (sulfide) groups is 1. The molecule has 6 nitrogen and oxygen atoms in total. The van der Waals surface area contributed by atoms with Gasteiger partial charge in [-0.05, 0) is 35.9 Å². The Labute approximate surface area is 159 Å². The molecule has 0 fully saturated rings. The molecule has 0 saturated heterocycles. The van der Waals surface area contributed by atoms with Crippen LogP contribution >= 0.6 is 23.4 Å². The van der Waals surface area contributed by atoms with Gasteiger partial charge >= 0.3 is 0 Å². The van der Waals surface area contributed by atoms with Gasteiger partial charge in [0, 0.05) is 35.9 Å². The maximum Gasteiger partial charge on any atom is 0.176 e. The van der Waals surface area contributed by atoms with E-state index in [2.05, 4.69) is 10.1 Å². The van der Waals surface area contributed by atoms with E-state index in [1.165, 1.54) is 0 Å². The summed E-state index contributed by atoms with van der Waals surface area (Å²) in [4.78, 5) is 8.92. The van der Waals surface area contributed by atoms with Crippen LogP contribution in [-0.2, 0) is 12.8 Å². The molecule has 4 aromatic rings. The number of nitrogens with one attached hydrogen (secondary N) is 1. The quantitative estimate of drug-likeness (QED) is 0.432. The summed E-state index contributed by atoms with van der Waals surface area (Å²) in [6, 6.07) is 11.3. The van der Waals surface area contributed by atoms with Crippen molar-refractivity contribution in [2.75, 3.05) is 0 Å². The Morgan fingerprint density at radius 2 is 1.96 bits per heavy atom. The van der Waals surface area contributed by atoms with Gasteiger partial charge in [0.05, 0.1) is 11.6 Å². The van der Waals surface area contributed by atoms with Crippen LogP contribution in [0.25, 0.3) is 16.7 Å². The zero-order valence-electron chi connectivity index (χ0n) is 13.9. The van der Waals surface area contributed by atoms with Crippen LogP contribution in [0.15, 0.2) is 60.1 Å². The third kappa shape index (κ3) is 3.11. The van der Waals surface area contributed by atoms with Crippen LogP contribution in [0.2, 0.25) is 5.02 Å². The van der Waals surface area contributed by atoms with Crippen LogP contribution in [0, 0.1) is 5.41 Å². The van der Waals surface area contributed by atoms with Crippen molar-refractivity contribution < 1.29 is 0 Å². The van der Waals surface area contributed by atoms with Gasteiger partial charge in [-0.25, -0.2) is 4.98 Å². The first-order valence-electron chi connectivity index (χ1n) is 7.90. The lowest BCUT2D eigenvalue weighted by Crippen LogP contribution is -2.22. The van der Waals surface area contributed by atoms with Crippen LogP contribution in [0.5, 0.6) is 0 Å². The lowest BCUT2D eigenvalue weighted by atomic mass is 10.3. The first-order chi connectivity index (χ1) is 12.6. The number of aryl methyl sites for hydroxylation is 1. The zero-order valence-corrected chi connectivity index (χ0v) is 15.5. The topological polar surface area (TPSA) is 72.4 Å². The summed E-state index contributed by atoms with van der Waals surface area (Å²) in [6.07, 6.45) is 5.26. The monoisotopic (exact) mass is 382 g/mol. The molecule has 0 atom stereocenters. The van der Waals surface area contributed by atoms with Crippen molar-refractivity contribution in [2.45, 2.75) is 10.9 Å². The summed E-state index contributed by atoms with van der Waals surface area (Å²) < 4.78 is 3.51. The number of halogens is 1. The largest absolute Gasteiger partial charge is 0.283 e. The van der Waals surface area contributed by atoms with Crippen LogP contribution in [-0.4, -0.2) is 24.3 Å². The SMILES string of the molecule is Cn1ncc2c(=N)n(-c3ccc(Cl)cc3)c(SCc3cccnc3)nc21. The number of pyridine rings is 1. The smallest absolute Gasteiger partial charge is 0.176 e. The van der Waals surface area contributed by atoms with Gasteiger partial charge in [0.15, 0.2) is 10.8 Å². The highest BCUT2D eigenvalue weighted by Crippen LogP contribution is 2.24. The summed E-state index contributed by atoms with van der Waals surface area (Å²) in [5.74, 6) is 0.706. The van der Waals surface area contributed by atoms with Crippen molar-refractivity contribution in [1.29, 1.82) is 5.41 Å². The molecule has 3 aromatic heterocycles. The predicted molar refractivity (Wildman–Crippen MR) is 102 cm³/mol. The van der Waals surface area contributed by atoms with Crippen LogP contribution in [0.4, 0.5) is 0 Å². The number of benzene rings is 1. The molecule has 1 N–H and O–H groups in total. The number of nitrogens with zero attached hydrogens (tertiary/aromatic N) is 5. The van der Waals surface area contributed by atoms with E-state index >= 15 is 0 Å². The van der Waals surface area contributed by atoms with E-state index in [1.807, 2.05) is 54.2 Å². The highest BCUT2D eigenvalue weighted by atomic mass is 35.5. The molecule has 26 heavy (non-hydrogen) atoms. The Balaban J connectivity index is 1.85. The Morgan fingerprint density at radius 1 is 1.15 bits per heavy atom. The first kappa shape index (κ1) is 16.8. The summed E-state index contributed by atoms with van der Waals surface area (Å²) in [5.41, 5.74) is 2.97. The summed E-state index contributed by atoms with van der Waals surface area (Å²) in [6.45, 7) is 0. The van der Waals surface area contributed by atoms with Gasteiger partial charge in [-0.2, -0.15) is 5.10 Å². The van der Waals surface area contributed by atoms with Crippen LogP contribution < -0.4 is 5.49 Å². The molecule has 8 heteroatoms. The molecule has 0 bridgehead atoms. The molecule has 3 heterocycles. The number of rotatable bonds is 4. The zero-order chi connectivity index (χ0) is 18.1. The van der Waals surface area contributed by atoms with E-state index in [0.29, 0.717) is 27.3 Å². The van der Waals surface area contributed by atoms with E-state index in [4.69, 9.17) is 22.0 Å². The Bertz CT molecular complexity index is 1120. The third-order valence-electron chi connectivity index (χ3n) is 3.95. The second kappa shape index (κ2) is 6.93. The fourth-order valence-electron chi connectivity index (χ4n) is 2.65. The molecule has 0 saturated carbocycles. The summed E-state index contributed by atoms with van der Waals surface area (Å²) in [7, 11) is 1.83. The minimum atomic E-state index is 0.346. The molecule has 4 rings (SSSR count). The number of hydrogen-bond acceptors (Lipinski definition) is 5. The molecule has 0 aliphatic carbocycles. The minimum absolute atomic E-state index is 0.346. The number of hydrogen-bond donors (Lipinski definition) is 1. The lowest BCUT2D eigenvalue weighted by Gasteiger charge is -2.13. The van der Waals surface area contributed by atoms with E-state index in [-0.39, 0.29) is 0 Å². The Kier molecular flexibility index (Phi) is 4.48. The van der Waals surface area contributed by atoms with Crippen molar-refractivity contribution >= 4 is 34.4 Å². The van der Waals surface area contributed by atoms with Gasteiger partial charge in [-0.1, -0.05) is 29.4 Å². The van der Waals surface area contributed by atoms with E-state index < -0.39 is 0 Å². The van der Waals surface area contributed by atoms with Gasteiger partial charge in [0.1, 0.15) is 5.49 Å². The first-order valence-corrected chi connectivity index (χ1v) is 9.27. The van der Waals surface area contributed by atoms with Crippen molar-refractivity contribution in [3.8, 4) is 5.69 Å². The maximum atomic E-state index is 8.68. The fourth-order valence-corrected chi connectivity index (χ4v) is 3.71. The predicted octanol–water partition coefficient (Wildman–Crippen LogP) is 3.58. The van der Waals surface area contributed by atoms with Gasteiger partial charge in [-0.3, -0.25) is 19.6 Å². The average Bonchev–Trinajstić information content (AvgIpc) is 3.03. The second-order valence-corrected chi connectivity index (χ2v) is 7.09. The molecule has 0 aliphatic heterocycles. The van der Waals surface area contributed by atoms with Crippen LogP contribution in [0.1, 0.15) is 5.56 Å². The molecule has 0 unspecified atom stereocenters. The third-order valence-corrected chi connectivity index (χ3v) is 5.22. The Hall–Kier alpha value is -2.64. The van der Waals surface area contributed by atoms with Crippen molar-refractivity contribution in [3.63, 3.8) is 0 Å². The average molecular weight is 383 g/mol. The Morgan fingerprint density at radius 3 is 2.69 bits per heavy atom. The van der Waals surface area contributed by atoms with Crippen molar-refractivity contribution in [1.82, 2.24) is 24.3 Å². The second-order valence-electron chi connectivity index (χ2n) is 5.71. The standard InChI is InChI=1S/C18H15ClN6S/c1-24-17-15(10-22-24)16(20)25(14-6-4-13(19)5-7-14)18(23-17)26-11-12-3-2-8-21-9-12/h2-10,20H,11H2,1H3. The number of aromatic nitrogens is 5. The van der Waals surface area contributed by atoms with Gasteiger partial charge in [0.25, 0.3) is 0 Å². The molecule has 0 amide bonds. The van der Waals surface area contributed by atoms with Gasteiger partial charge in [-0.15, -0.1) is 0 Å². The van der Waals surface area contributed by atoms with E-state index in [0.717, 1.165) is 16.4 Å². The summed E-state index contributed by atoms with van der Waals surface area (Å²) >= 11 is 7.58. The molecule has 0 spiro atoms. The highest BCUT2D eigenvalue weighted by molar-refractivity contribution is 7.98. The van der Waals surface area contributed by atoms with Crippen molar-refractivity contribution in [2.24, 2.45) is 7.05 Å². The van der Waals surface area contributed by atoms with E-state index in [1.54, 1.807) is 28.8 Å². The normalized spacial score (nSPS) is 11.2. The van der Waals surface area contributed by atoms with Gasteiger partial charge < -0.3 is 0 Å². The maximum absolute atomic E-state index is 8.68.